The molecule has 158 valence electrons. The number of fused-ring (bicyclic) bond motifs is 1. The Morgan fingerprint density at radius 3 is 2.68 bits per heavy atom. The zero-order chi connectivity index (χ0) is 21.2. The predicted octanol–water partition coefficient (Wildman–Crippen LogP) is 4.23. The van der Waals surface area contributed by atoms with Gasteiger partial charge in [0.15, 0.2) is 0 Å². The number of hydrogen-bond acceptors (Lipinski definition) is 7. The fourth-order valence-electron chi connectivity index (χ4n) is 3.32. The summed E-state index contributed by atoms with van der Waals surface area (Å²) in [5, 5.41) is 7.22. The topological polar surface area (TPSA) is 86.1 Å². The van der Waals surface area contributed by atoms with Gasteiger partial charge in [-0.15, -0.1) is 0 Å². The minimum atomic E-state index is 0.330. The van der Waals surface area contributed by atoms with Crippen LogP contribution in [0.15, 0.2) is 54.9 Å². The van der Waals surface area contributed by atoms with E-state index in [1.165, 1.54) is 12.4 Å². The number of benzene rings is 2. The molecule has 0 unspecified atom stereocenters. The first-order valence-electron chi connectivity index (χ1n) is 9.93. The summed E-state index contributed by atoms with van der Waals surface area (Å²) >= 11 is 5.74. The van der Waals surface area contributed by atoms with Crippen LogP contribution >= 0.6 is 11.6 Å². The third-order valence-corrected chi connectivity index (χ3v) is 5.28. The van der Waals surface area contributed by atoms with Crippen LogP contribution in [0.3, 0.4) is 0 Å². The lowest BCUT2D eigenvalue weighted by Gasteiger charge is -2.27. The highest BCUT2D eigenvalue weighted by atomic mass is 35.5. The van der Waals surface area contributed by atoms with Gasteiger partial charge in [-0.2, -0.15) is 0 Å². The smallest absolute Gasteiger partial charge is 0.237 e. The monoisotopic (exact) mass is 436 g/mol. The summed E-state index contributed by atoms with van der Waals surface area (Å²) in [4.78, 5) is 12.8. The molecule has 1 fully saturated rings. The summed E-state index contributed by atoms with van der Waals surface area (Å²) in [6, 6.07) is 14.4. The summed E-state index contributed by atoms with van der Waals surface area (Å²) in [6.45, 7) is 2.16. The van der Waals surface area contributed by atoms with Crippen LogP contribution < -0.4 is 15.4 Å². The van der Waals surface area contributed by atoms with Crippen LogP contribution in [0.5, 0.6) is 11.6 Å². The molecule has 0 saturated carbocycles. The van der Waals surface area contributed by atoms with Crippen molar-refractivity contribution in [3.05, 3.63) is 65.6 Å². The molecule has 0 spiro atoms. The van der Waals surface area contributed by atoms with E-state index in [1.54, 1.807) is 0 Å². The molecule has 1 aliphatic rings. The van der Waals surface area contributed by atoms with Gasteiger partial charge >= 0.3 is 0 Å². The summed E-state index contributed by atoms with van der Waals surface area (Å²) < 4.78 is 13.0. The molecule has 0 aliphatic carbocycles. The van der Waals surface area contributed by atoms with Gasteiger partial charge in [-0.1, -0.05) is 23.7 Å². The first-order valence-corrected chi connectivity index (χ1v) is 10.3. The minimum absolute atomic E-state index is 0.330. The van der Waals surface area contributed by atoms with Crippen LogP contribution in [0.4, 0.5) is 11.6 Å². The molecule has 0 atom stereocenters. The highest BCUT2D eigenvalue weighted by Crippen LogP contribution is 2.24. The Kier molecular flexibility index (Phi) is 5.31. The molecule has 2 aromatic heterocycles. The lowest BCUT2D eigenvalue weighted by atomic mass is 10.2. The first kappa shape index (κ1) is 19.6. The van der Waals surface area contributed by atoms with Crippen molar-refractivity contribution in [1.82, 2.24) is 19.5 Å². The van der Waals surface area contributed by atoms with Gasteiger partial charge in [-0.25, -0.2) is 15.0 Å². The Hall–Kier alpha value is -3.36. The number of ether oxygens (including phenoxy) is 2. The molecular formula is C22H21ClN6O2. The quantitative estimate of drug-likeness (QED) is 0.448. The van der Waals surface area contributed by atoms with E-state index in [9.17, 15) is 0 Å². The maximum absolute atomic E-state index is 5.74. The molecule has 9 heteroatoms. The number of nitrogens with zero attached hydrogens (tertiary/aromatic N) is 4. The normalized spacial score (nSPS) is 13.7. The lowest BCUT2D eigenvalue weighted by Crippen LogP contribution is -2.40. The number of hydrogen-bond donors (Lipinski definition) is 2. The number of nitrogens with one attached hydrogen (secondary N) is 2. The maximum atomic E-state index is 5.74. The van der Waals surface area contributed by atoms with Crippen molar-refractivity contribution in [3.8, 4) is 11.6 Å². The highest BCUT2D eigenvalue weighted by molar-refractivity contribution is 6.29. The summed E-state index contributed by atoms with van der Waals surface area (Å²) in [6.07, 6.45) is 2.94. The van der Waals surface area contributed by atoms with Gasteiger partial charge in [0.25, 0.3) is 0 Å². The van der Waals surface area contributed by atoms with Crippen molar-refractivity contribution in [2.45, 2.75) is 12.6 Å². The van der Waals surface area contributed by atoms with Gasteiger partial charge in [0.05, 0.1) is 42.7 Å². The number of imidazole rings is 1. The Labute approximate surface area is 184 Å². The van der Waals surface area contributed by atoms with Crippen molar-refractivity contribution >= 4 is 34.3 Å². The van der Waals surface area contributed by atoms with Crippen molar-refractivity contribution in [2.24, 2.45) is 7.05 Å². The molecule has 4 aromatic rings. The minimum Gasteiger partial charge on any atom is -0.438 e. The second-order valence-electron chi connectivity index (χ2n) is 7.35. The average Bonchev–Trinajstić information content (AvgIpc) is 3.07. The van der Waals surface area contributed by atoms with Crippen molar-refractivity contribution in [2.75, 3.05) is 23.8 Å². The molecule has 1 saturated heterocycles. The third-order valence-electron chi connectivity index (χ3n) is 5.08. The Morgan fingerprint density at radius 2 is 1.97 bits per heavy atom. The van der Waals surface area contributed by atoms with Gasteiger partial charge in [-0.3, -0.25) is 0 Å². The average molecular weight is 437 g/mol. The molecule has 31 heavy (non-hydrogen) atoms. The Bertz CT molecular complexity index is 1190. The second kappa shape index (κ2) is 8.41. The number of aromatic nitrogens is 4. The van der Waals surface area contributed by atoms with Crippen molar-refractivity contribution in [1.29, 1.82) is 0 Å². The van der Waals surface area contributed by atoms with E-state index in [0.717, 1.165) is 41.4 Å². The first-order chi connectivity index (χ1) is 15.1. The summed E-state index contributed by atoms with van der Waals surface area (Å²) in [5.74, 6) is 1.89. The SMILES string of the molecule is Cn1c(NCc2ccc(Oc3cnc(Cl)cn3)cc2)nc2ccc(NC3COC3)cc21. The zero-order valence-electron chi connectivity index (χ0n) is 16.9. The van der Waals surface area contributed by atoms with E-state index in [0.29, 0.717) is 29.4 Å². The molecule has 8 nitrogen and oxygen atoms in total. The molecule has 2 aromatic carbocycles. The van der Waals surface area contributed by atoms with Crippen LogP contribution in [-0.2, 0) is 18.3 Å². The molecule has 5 rings (SSSR count). The molecule has 0 bridgehead atoms. The van der Waals surface area contributed by atoms with Crippen molar-refractivity contribution < 1.29 is 9.47 Å². The van der Waals surface area contributed by atoms with Crippen molar-refractivity contribution in [3.63, 3.8) is 0 Å². The van der Waals surface area contributed by atoms with Crippen LogP contribution in [-0.4, -0.2) is 38.8 Å². The maximum Gasteiger partial charge on any atom is 0.237 e. The highest BCUT2D eigenvalue weighted by Gasteiger charge is 2.18. The lowest BCUT2D eigenvalue weighted by molar-refractivity contribution is 0.0211. The Balaban J connectivity index is 1.23. The van der Waals surface area contributed by atoms with E-state index in [-0.39, 0.29) is 0 Å². The predicted molar refractivity (Wildman–Crippen MR) is 120 cm³/mol. The van der Waals surface area contributed by atoms with Gasteiger partial charge < -0.3 is 24.7 Å². The van der Waals surface area contributed by atoms with Gasteiger partial charge in [0.1, 0.15) is 10.9 Å². The molecule has 0 amide bonds. The fourth-order valence-corrected chi connectivity index (χ4v) is 3.42. The Morgan fingerprint density at radius 1 is 1.13 bits per heavy atom. The second-order valence-corrected chi connectivity index (χ2v) is 7.74. The number of rotatable bonds is 7. The van der Waals surface area contributed by atoms with Crippen LogP contribution in [0, 0.1) is 0 Å². The fraction of sp³-hybridized carbons (Fsp3) is 0.227. The molecule has 3 heterocycles. The van der Waals surface area contributed by atoms with Gasteiger partial charge in [0.2, 0.25) is 11.8 Å². The zero-order valence-corrected chi connectivity index (χ0v) is 17.6. The molecular weight excluding hydrogens is 416 g/mol. The third kappa shape index (κ3) is 4.40. The number of halogens is 1. The van der Waals surface area contributed by atoms with Crippen LogP contribution in [0.25, 0.3) is 11.0 Å². The van der Waals surface area contributed by atoms with Gasteiger partial charge in [-0.05, 0) is 35.9 Å². The van der Waals surface area contributed by atoms with E-state index in [4.69, 9.17) is 26.1 Å². The van der Waals surface area contributed by atoms with E-state index in [1.807, 2.05) is 37.4 Å². The summed E-state index contributed by atoms with van der Waals surface area (Å²) in [7, 11) is 2.01. The van der Waals surface area contributed by atoms with Gasteiger partial charge in [0, 0.05) is 19.3 Å². The van der Waals surface area contributed by atoms with E-state index in [2.05, 4.69) is 37.3 Å². The standard InChI is InChI=1S/C22H21ClN6O2/c1-29-19-8-15(27-16-12-30-13-16)4-7-18(19)28-22(29)26-9-14-2-5-17(6-3-14)31-21-11-24-20(23)10-25-21/h2-8,10-11,16,27H,9,12-13H2,1H3,(H,26,28). The number of aryl methyl sites for hydroxylation is 1. The molecule has 2 N–H and O–H groups in total. The van der Waals surface area contributed by atoms with Crippen LogP contribution in [0.2, 0.25) is 5.15 Å². The number of anilines is 2. The van der Waals surface area contributed by atoms with E-state index >= 15 is 0 Å². The molecule has 0 radical (unpaired) electrons. The summed E-state index contributed by atoms with van der Waals surface area (Å²) in [5.41, 5.74) is 4.21. The van der Waals surface area contributed by atoms with E-state index < -0.39 is 0 Å². The molecule has 1 aliphatic heterocycles. The largest absolute Gasteiger partial charge is 0.438 e. The van der Waals surface area contributed by atoms with Crippen LogP contribution in [0.1, 0.15) is 5.56 Å².